The minimum Gasteiger partial charge on any atom is -0.488 e. The summed E-state index contributed by atoms with van der Waals surface area (Å²) in [5.74, 6) is 1.81. The number of nitrogens with zero attached hydrogens (tertiary/aromatic N) is 3. The molecule has 1 aromatic heterocycles. The van der Waals surface area contributed by atoms with Gasteiger partial charge in [0.05, 0.1) is 17.1 Å². The van der Waals surface area contributed by atoms with Crippen LogP contribution in [0.2, 0.25) is 0 Å². The monoisotopic (exact) mass is 449 g/mol. The lowest BCUT2D eigenvalue weighted by Crippen LogP contribution is -2.16. The number of para-hydroxylation sites is 2. The van der Waals surface area contributed by atoms with E-state index in [4.69, 9.17) is 9.72 Å². The summed E-state index contributed by atoms with van der Waals surface area (Å²) < 4.78 is 22.3. The number of imidazole rings is 1. The highest BCUT2D eigenvalue weighted by Crippen LogP contribution is 2.40. The fourth-order valence-electron chi connectivity index (χ4n) is 5.11. The van der Waals surface area contributed by atoms with Gasteiger partial charge in [-0.1, -0.05) is 30.7 Å². The highest BCUT2D eigenvalue weighted by molar-refractivity contribution is 5.88. The molecule has 5 heteroatoms. The number of halogens is 1. The topological polar surface area (TPSA) is 50.8 Å². The molecule has 1 fully saturated rings. The molecule has 0 spiro atoms. The standard InChI is InChI=1S/C29H24FN3O/c1-18(15-31)28-23-11-9-19(13-21(23)17-34-27-14-22(30)10-12-24(27)28)16-33-26-8-3-2-7-25(26)32-29(33)20-5-4-6-20/h2-3,7-14,20H,4-6,16-17H2,1H3. The molecule has 4 nitrogen and oxygen atoms in total. The summed E-state index contributed by atoms with van der Waals surface area (Å²) in [7, 11) is 0. The predicted molar refractivity (Wildman–Crippen MR) is 130 cm³/mol. The van der Waals surface area contributed by atoms with Crippen LogP contribution >= 0.6 is 0 Å². The Bertz CT molecular complexity index is 1500. The molecule has 2 heterocycles. The van der Waals surface area contributed by atoms with Crippen LogP contribution in [0.1, 0.15) is 60.2 Å². The molecule has 1 aliphatic carbocycles. The van der Waals surface area contributed by atoms with Gasteiger partial charge in [-0.05, 0) is 66.8 Å². The van der Waals surface area contributed by atoms with Gasteiger partial charge in [-0.3, -0.25) is 0 Å². The normalized spacial score (nSPS) is 16.6. The second-order valence-corrected chi connectivity index (χ2v) is 9.21. The molecule has 0 amide bonds. The molecular formula is C29H24FN3O. The maximum absolute atomic E-state index is 13.9. The van der Waals surface area contributed by atoms with Crippen molar-refractivity contribution in [3.8, 4) is 11.8 Å². The van der Waals surface area contributed by atoms with E-state index < -0.39 is 0 Å². The summed E-state index contributed by atoms with van der Waals surface area (Å²) in [6.07, 6.45) is 3.65. The smallest absolute Gasteiger partial charge is 0.130 e. The summed E-state index contributed by atoms with van der Waals surface area (Å²) in [5, 5.41) is 9.69. The highest BCUT2D eigenvalue weighted by atomic mass is 19.1. The van der Waals surface area contributed by atoms with Gasteiger partial charge in [-0.15, -0.1) is 0 Å². The number of fused-ring (bicyclic) bond motifs is 3. The van der Waals surface area contributed by atoms with E-state index in [2.05, 4.69) is 47.0 Å². The first-order chi connectivity index (χ1) is 16.6. The van der Waals surface area contributed by atoms with Gasteiger partial charge in [-0.2, -0.15) is 5.26 Å². The number of aromatic nitrogens is 2. The van der Waals surface area contributed by atoms with E-state index >= 15 is 0 Å². The van der Waals surface area contributed by atoms with Crippen LogP contribution in [0.25, 0.3) is 16.6 Å². The van der Waals surface area contributed by atoms with Crippen LogP contribution in [-0.4, -0.2) is 9.55 Å². The van der Waals surface area contributed by atoms with E-state index in [1.807, 2.05) is 6.07 Å². The molecule has 4 aromatic rings. The van der Waals surface area contributed by atoms with Gasteiger partial charge in [-0.25, -0.2) is 9.37 Å². The fraction of sp³-hybridized carbons (Fsp3) is 0.241. The first-order valence-electron chi connectivity index (χ1n) is 11.7. The summed E-state index contributed by atoms with van der Waals surface area (Å²) in [6, 6.07) is 21.5. The Morgan fingerprint density at radius 2 is 1.94 bits per heavy atom. The third-order valence-electron chi connectivity index (χ3n) is 7.07. The molecule has 0 atom stereocenters. The summed E-state index contributed by atoms with van der Waals surface area (Å²) in [4.78, 5) is 4.97. The Labute approximate surface area is 197 Å². The van der Waals surface area contributed by atoms with Gasteiger partial charge in [0.25, 0.3) is 0 Å². The van der Waals surface area contributed by atoms with Gasteiger partial charge < -0.3 is 9.30 Å². The number of ether oxygens (including phenoxy) is 1. The van der Waals surface area contributed by atoms with Crippen LogP contribution in [0.3, 0.4) is 0 Å². The van der Waals surface area contributed by atoms with E-state index in [9.17, 15) is 9.65 Å². The molecule has 6 rings (SSSR count). The van der Waals surface area contributed by atoms with Gasteiger partial charge in [0.1, 0.15) is 24.0 Å². The number of benzene rings is 3. The number of allylic oxidation sites excluding steroid dienone is 1. The van der Waals surface area contributed by atoms with Crippen molar-refractivity contribution in [1.29, 1.82) is 5.26 Å². The molecule has 0 radical (unpaired) electrons. The Balaban J connectivity index is 1.44. The average molecular weight is 450 g/mol. The summed E-state index contributed by atoms with van der Waals surface area (Å²) in [5.41, 5.74) is 7.43. The summed E-state index contributed by atoms with van der Waals surface area (Å²) in [6.45, 7) is 2.84. The molecule has 3 aromatic carbocycles. The predicted octanol–water partition coefficient (Wildman–Crippen LogP) is 6.73. The zero-order chi connectivity index (χ0) is 23.2. The molecule has 0 unspecified atom stereocenters. The maximum atomic E-state index is 13.9. The Morgan fingerprint density at radius 3 is 2.74 bits per heavy atom. The van der Waals surface area contributed by atoms with Gasteiger partial charge >= 0.3 is 0 Å². The molecular weight excluding hydrogens is 425 g/mol. The lowest BCUT2D eigenvalue weighted by atomic mass is 9.84. The Kier molecular flexibility index (Phi) is 4.95. The Hall–Kier alpha value is -3.91. The van der Waals surface area contributed by atoms with Crippen molar-refractivity contribution >= 4 is 16.6 Å². The second kappa shape index (κ2) is 8.14. The number of rotatable bonds is 3. The van der Waals surface area contributed by atoms with Crippen LogP contribution in [0.5, 0.6) is 5.75 Å². The van der Waals surface area contributed by atoms with Crippen LogP contribution in [0, 0.1) is 17.1 Å². The molecule has 1 aliphatic heterocycles. The van der Waals surface area contributed by atoms with Crippen molar-refractivity contribution in [1.82, 2.24) is 9.55 Å². The highest BCUT2D eigenvalue weighted by Gasteiger charge is 2.26. The van der Waals surface area contributed by atoms with Crippen molar-refractivity contribution < 1.29 is 9.13 Å². The van der Waals surface area contributed by atoms with E-state index in [-0.39, 0.29) is 5.82 Å². The molecule has 0 saturated heterocycles. The lowest BCUT2D eigenvalue weighted by Gasteiger charge is -2.26. The number of nitriles is 1. The third-order valence-corrected chi connectivity index (χ3v) is 7.07. The molecule has 2 aliphatic rings. The van der Waals surface area contributed by atoms with Crippen LogP contribution in [0.4, 0.5) is 4.39 Å². The van der Waals surface area contributed by atoms with Crippen LogP contribution in [0.15, 0.2) is 66.2 Å². The largest absolute Gasteiger partial charge is 0.488 e. The minimum absolute atomic E-state index is 0.321. The quantitative estimate of drug-likeness (QED) is 0.326. The fourth-order valence-corrected chi connectivity index (χ4v) is 5.11. The Morgan fingerprint density at radius 1 is 1.12 bits per heavy atom. The van der Waals surface area contributed by atoms with E-state index in [0.29, 0.717) is 23.8 Å². The zero-order valence-corrected chi connectivity index (χ0v) is 19.0. The first kappa shape index (κ1) is 20.7. The molecule has 168 valence electrons. The molecule has 0 bridgehead atoms. The van der Waals surface area contributed by atoms with E-state index in [1.165, 1.54) is 37.2 Å². The van der Waals surface area contributed by atoms with E-state index in [1.54, 1.807) is 13.0 Å². The van der Waals surface area contributed by atoms with Crippen molar-refractivity contribution in [2.24, 2.45) is 0 Å². The first-order valence-corrected chi connectivity index (χ1v) is 11.7. The summed E-state index contributed by atoms with van der Waals surface area (Å²) >= 11 is 0. The second-order valence-electron chi connectivity index (χ2n) is 9.21. The lowest BCUT2D eigenvalue weighted by molar-refractivity contribution is 0.305. The molecule has 1 saturated carbocycles. The van der Waals surface area contributed by atoms with Crippen LogP contribution in [-0.2, 0) is 13.2 Å². The zero-order valence-electron chi connectivity index (χ0n) is 19.0. The molecule has 34 heavy (non-hydrogen) atoms. The van der Waals surface area contributed by atoms with E-state index in [0.717, 1.165) is 45.4 Å². The maximum Gasteiger partial charge on any atom is 0.130 e. The number of hydrogen-bond acceptors (Lipinski definition) is 3. The van der Waals surface area contributed by atoms with Gasteiger partial charge in [0.15, 0.2) is 0 Å². The van der Waals surface area contributed by atoms with Crippen molar-refractivity contribution in [3.63, 3.8) is 0 Å². The average Bonchev–Trinajstić information content (AvgIpc) is 3.07. The van der Waals surface area contributed by atoms with Crippen molar-refractivity contribution in [2.75, 3.05) is 0 Å². The minimum atomic E-state index is -0.352. The van der Waals surface area contributed by atoms with Crippen molar-refractivity contribution in [3.05, 3.63) is 100 Å². The third kappa shape index (κ3) is 3.38. The number of hydrogen-bond donors (Lipinski definition) is 0. The SMILES string of the molecule is CC(C#N)=C1c2ccc(Cn3c(C4CCC4)nc4ccccc43)cc2COc2cc(F)ccc21. The van der Waals surface area contributed by atoms with Crippen LogP contribution < -0.4 is 4.74 Å². The molecule has 0 N–H and O–H groups in total. The van der Waals surface area contributed by atoms with Gasteiger partial charge in [0, 0.05) is 35.2 Å². The van der Waals surface area contributed by atoms with Crippen molar-refractivity contribution in [2.45, 2.75) is 45.3 Å². The van der Waals surface area contributed by atoms with Gasteiger partial charge in [0.2, 0.25) is 0 Å².